The molecular formula is C23H22N2O. The van der Waals surface area contributed by atoms with Crippen LogP contribution >= 0.6 is 0 Å². The average Bonchev–Trinajstić information content (AvgIpc) is 2.93. The summed E-state index contributed by atoms with van der Waals surface area (Å²) in [6, 6.07) is 20.2. The molecule has 1 amide bonds. The number of para-hydroxylation sites is 1. The van der Waals surface area contributed by atoms with Crippen LogP contribution in [-0.4, -0.2) is 10.9 Å². The molecule has 0 bridgehead atoms. The van der Waals surface area contributed by atoms with Gasteiger partial charge in [-0.1, -0.05) is 62.4 Å². The lowest BCUT2D eigenvalue weighted by molar-refractivity contribution is -0.124. The molecule has 0 aliphatic carbocycles. The summed E-state index contributed by atoms with van der Waals surface area (Å²) >= 11 is 0. The van der Waals surface area contributed by atoms with Crippen molar-refractivity contribution in [2.24, 2.45) is 5.41 Å². The zero-order valence-electron chi connectivity index (χ0n) is 15.1. The quantitative estimate of drug-likeness (QED) is 0.636. The van der Waals surface area contributed by atoms with Crippen molar-refractivity contribution in [2.45, 2.75) is 26.7 Å². The molecule has 3 nitrogen and oxygen atoms in total. The number of hydrogen-bond donors (Lipinski definition) is 0. The molecule has 3 heteroatoms. The maximum atomic E-state index is 13.4. The molecule has 1 aliphatic rings. The molecule has 26 heavy (non-hydrogen) atoms. The third-order valence-electron chi connectivity index (χ3n) is 5.34. The Bertz CT molecular complexity index is 988. The van der Waals surface area contributed by atoms with Gasteiger partial charge in [-0.15, -0.1) is 0 Å². The summed E-state index contributed by atoms with van der Waals surface area (Å²) in [7, 11) is 0. The molecule has 1 atom stereocenters. The number of rotatable bonds is 3. The summed E-state index contributed by atoms with van der Waals surface area (Å²) in [6.45, 7) is 4.15. The van der Waals surface area contributed by atoms with Crippen LogP contribution in [0.15, 0.2) is 72.6 Å². The van der Waals surface area contributed by atoms with Crippen LogP contribution in [0.3, 0.4) is 0 Å². The van der Waals surface area contributed by atoms with Crippen LogP contribution in [0, 0.1) is 5.41 Å². The number of benzene rings is 2. The van der Waals surface area contributed by atoms with E-state index in [1.807, 2.05) is 53.4 Å². The topological polar surface area (TPSA) is 33.2 Å². The second-order valence-electron chi connectivity index (χ2n) is 7.13. The number of carbonyl (C=O) groups is 1. The van der Waals surface area contributed by atoms with Gasteiger partial charge in [-0.2, -0.15) is 0 Å². The first kappa shape index (κ1) is 16.5. The number of aromatic nitrogens is 1. The van der Waals surface area contributed by atoms with E-state index in [0.29, 0.717) is 0 Å². The fraction of sp³-hybridized carbons (Fsp3) is 0.217. The molecule has 1 aliphatic heterocycles. The summed E-state index contributed by atoms with van der Waals surface area (Å²) in [4.78, 5) is 19.8. The molecule has 2 heterocycles. The Morgan fingerprint density at radius 1 is 1.08 bits per heavy atom. The van der Waals surface area contributed by atoms with Crippen LogP contribution in [0.4, 0.5) is 5.69 Å². The third-order valence-corrected chi connectivity index (χ3v) is 5.34. The largest absolute Gasteiger partial charge is 0.282 e. The molecule has 1 aromatic heterocycles. The molecule has 1 fully saturated rings. The highest BCUT2D eigenvalue weighted by Crippen LogP contribution is 2.45. The van der Waals surface area contributed by atoms with Crippen LogP contribution in [-0.2, 0) is 4.79 Å². The number of nitrogens with zero attached hydrogens (tertiary/aromatic N) is 2. The first-order valence-corrected chi connectivity index (χ1v) is 9.06. The molecular weight excluding hydrogens is 320 g/mol. The smallest absolute Gasteiger partial charge is 0.237 e. The second-order valence-corrected chi connectivity index (χ2v) is 7.13. The van der Waals surface area contributed by atoms with Crippen LogP contribution in [0.25, 0.3) is 17.0 Å². The maximum absolute atomic E-state index is 13.4. The Morgan fingerprint density at radius 3 is 2.62 bits per heavy atom. The lowest BCUT2D eigenvalue weighted by atomic mass is 9.85. The van der Waals surface area contributed by atoms with E-state index in [1.54, 1.807) is 6.20 Å². The lowest BCUT2D eigenvalue weighted by Crippen LogP contribution is -2.32. The molecule has 0 spiro atoms. The van der Waals surface area contributed by atoms with E-state index in [9.17, 15) is 4.79 Å². The van der Waals surface area contributed by atoms with Crippen molar-refractivity contribution in [1.29, 1.82) is 0 Å². The van der Waals surface area contributed by atoms with Gasteiger partial charge in [0.2, 0.25) is 5.91 Å². The van der Waals surface area contributed by atoms with Gasteiger partial charge in [0.1, 0.15) is 0 Å². The number of hydrogen-bond acceptors (Lipinski definition) is 2. The van der Waals surface area contributed by atoms with Gasteiger partial charge in [0.25, 0.3) is 0 Å². The van der Waals surface area contributed by atoms with E-state index in [2.05, 4.69) is 37.0 Å². The summed E-state index contributed by atoms with van der Waals surface area (Å²) in [5, 5.41) is 1.04. The van der Waals surface area contributed by atoms with Gasteiger partial charge >= 0.3 is 0 Å². The number of amides is 1. The van der Waals surface area contributed by atoms with Crippen LogP contribution in [0.2, 0.25) is 0 Å². The zero-order chi connectivity index (χ0) is 18.1. The van der Waals surface area contributed by atoms with Crippen molar-refractivity contribution in [1.82, 2.24) is 4.98 Å². The van der Waals surface area contributed by atoms with E-state index < -0.39 is 0 Å². The average molecular weight is 342 g/mol. The monoisotopic (exact) mass is 342 g/mol. The van der Waals surface area contributed by atoms with Crippen LogP contribution in [0.1, 0.15) is 32.3 Å². The number of fused-ring (bicyclic) bond motifs is 1. The molecule has 1 unspecified atom stereocenters. The Labute approximate surface area is 154 Å². The predicted octanol–water partition coefficient (Wildman–Crippen LogP) is 5.43. The number of allylic oxidation sites excluding steroid dienone is 1. The summed E-state index contributed by atoms with van der Waals surface area (Å²) < 4.78 is 0. The molecule has 0 radical (unpaired) electrons. The predicted molar refractivity (Wildman–Crippen MR) is 107 cm³/mol. The number of anilines is 1. The first-order valence-electron chi connectivity index (χ1n) is 9.06. The molecule has 4 rings (SSSR count). The molecule has 3 aromatic rings. The normalized spacial score (nSPS) is 21.7. The van der Waals surface area contributed by atoms with E-state index >= 15 is 0 Å². The summed E-state index contributed by atoms with van der Waals surface area (Å²) in [5.74, 6) is 0.153. The van der Waals surface area contributed by atoms with Gasteiger partial charge in [-0.05, 0) is 30.2 Å². The number of pyridine rings is 1. The van der Waals surface area contributed by atoms with Gasteiger partial charge in [0.15, 0.2) is 0 Å². The summed E-state index contributed by atoms with van der Waals surface area (Å²) in [5.41, 5.74) is 3.49. The Balaban J connectivity index is 1.90. The van der Waals surface area contributed by atoms with Crippen LogP contribution < -0.4 is 4.90 Å². The van der Waals surface area contributed by atoms with E-state index in [1.165, 1.54) is 0 Å². The highest BCUT2D eigenvalue weighted by atomic mass is 16.2. The maximum Gasteiger partial charge on any atom is 0.237 e. The van der Waals surface area contributed by atoms with Gasteiger partial charge in [-0.3, -0.25) is 14.7 Å². The van der Waals surface area contributed by atoms with Gasteiger partial charge in [0, 0.05) is 23.7 Å². The van der Waals surface area contributed by atoms with Gasteiger partial charge in [-0.25, -0.2) is 0 Å². The van der Waals surface area contributed by atoms with E-state index in [4.69, 9.17) is 0 Å². The van der Waals surface area contributed by atoms with Crippen LogP contribution in [0.5, 0.6) is 0 Å². The fourth-order valence-corrected chi connectivity index (χ4v) is 3.62. The molecule has 2 aromatic carbocycles. The minimum atomic E-state index is -0.377. The van der Waals surface area contributed by atoms with Crippen molar-refractivity contribution in [3.63, 3.8) is 0 Å². The van der Waals surface area contributed by atoms with Crippen molar-refractivity contribution < 1.29 is 4.79 Å². The first-order chi connectivity index (χ1) is 12.6. The highest BCUT2D eigenvalue weighted by Gasteiger charge is 2.45. The SMILES string of the molecule is CCC1(C)C/C(=C\c2ccccc2)N(c2cccc3cccnc23)C1=O. The van der Waals surface area contributed by atoms with Crippen molar-refractivity contribution >= 4 is 28.6 Å². The van der Waals surface area contributed by atoms with Gasteiger partial charge < -0.3 is 0 Å². The zero-order valence-corrected chi connectivity index (χ0v) is 15.1. The van der Waals surface area contributed by atoms with E-state index in [0.717, 1.165) is 40.7 Å². The Morgan fingerprint density at radius 2 is 1.85 bits per heavy atom. The van der Waals surface area contributed by atoms with E-state index in [-0.39, 0.29) is 11.3 Å². The fourth-order valence-electron chi connectivity index (χ4n) is 3.62. The summed E-state index contributed by atoms with van der Waals surface area (Å²) in [6.07, 6.45) is 5.46. The molecule has 0 N–H and O–H groups in total. The van der Waals surface area contributed by atoms with Crippen molar-refractivity contribution in [3.8, 4) is 0 Å². The minimum Gasteiger partial charge on any atom is -0.282 e. The van der Waals surface area contributed by atoms with Gasteiger partial charge in [0.05, 0.1) is 16.6 Å². The Kier molecular flexibility index (Phi) is 4.08. The van der Waals surface area contributed by atoms with Crippen molar-refractivity contribution in [3.05, 3.63) is 78.1 Å². The molecule has 1 saturated heterocycles. The molecule has 0 saturated carbocycles. The number of carbonyl (C=O) groups excluding carboxylic acids is 1. The standard InChI is InChI=1S/C23H22N2O/c1-3-23(2)16-19(15-17-9-5-4-6-10-17)25(22(23)26)20-13-7-11-18-12-8-14-24-21(18)20/h4-15H,3,16H2,1-2H3/b19-15+. The minimum absolute atomic E-state index is 0.153. The Hall–Kier alpha value is -2.94. The molecule has 130 valence electrons. The third kappa shape index (κ3) is 2.70. The highest BCUT2D eigenvalue weighted by molar-refractivity contribution is 6.09. The second kappa shape index (κ2) is 6.41. The lowest BCUT2D eigenvalue weighted by Gasteiger charge is -2.22. The van der Waals surface area contributed by atoms with Crippen molar-refractivity contribution in [2.75, 3.05) is 4.90 Å².